The Labute approximate surface area is 151 Å². The molecule has 8 heteroatoms. The van der Waals surface area contributed by atoms with E-state index in [-0.39, 0.29) is 18.3 Å². The Morgan fingerprint density at radius 2 is 2.24 bits per heavy atom. The summed E-state index contributed by atoms with van der Waals surface area (Å²) in [5.41, 5.74) is 5.49. The van der Waals surface area contributed by atoms with Crippen LogP contribution in [0.15, 0.2) is 18.2 Å². The minimum absolute atomic E-state index is 0. The fraction of sp³-hybridized carbons (Fsp3) is 0.353. The number of aromatic amines is 1. The first-order valence-electron chi connectivity index (χ1n) is 8.22. The van der Waals surface area contributed by atoms with Crippen molar-refractivity contribution in [3.05, 3.63) is 40.7 Å². The molecule has 132 valence electrons. The second-order valence-electron chi connectivity index (χ2n) is 6.08. The molecule has 25 heavy (non-hydrogen) atoms. The SMILES string of the molecule is CCn1c(NC(=O)c2n[nH]c3c2CNCC3)nc2cc(C)ccc21.Cl. The van der Waals surface area contributed by atoms with E-state index in [4.69, 9.17) is 0 Å². The minimum atomic E-state index is -0.224. The first-order chi connectivity index (χ1) is 11.7. The number of rotatable bonds is 3. The fourth-order valence-electron chi connectivity index (χ4n) is 3.23. The molecule has 0 saturated heterocycles. The number of nitrogens with one attached hydrogen (secondary N) is 3. The third-order valence-electron chi connectivity index (χ3n) is 4.47. The van der Waals surface area contributed by atoms with E-state index in [0.29, 0.717) is 18.2 Å². The molecule has 0 unspecified atom stereocenters. The Morgan fingerprint density at radius 1 is 1.40 bits per heavy atom. The summed E-state index contributed by atoms with van der Waals surface area (Å²) in [6, 6.07) is 6.12. The van der Waals surface area contributed by atoms with Crippen LogP contribution in [0.5, 0.6) is 0 Å². The molecule has 1 amide bonds. The van der Waals surface area contributed by atoms with Crippen LogP contribution in [0.1, 0.15) is 34.2 Å². The summed E-state index contributed by atoms with van der Waals surface area (Å²) in [4.78, 5) is 17.3. The highest BCUT2D eigenvalue weighted by Gasteiger charge is 2.23. The number of carbonyl (C=O) groups is 1. The normalized spacial score (nSPS) is 13.4. The molecular weight excluding hydrogens is 340 g/mol. The highest BCUT2D eigenvalue weighted by molar-refractivity contribution is 6.04. The number of benzene rings is 1. The summed E-state index contributed by atoms with van der Waals surface area (Å²) < 4.78 is 2.00. The zero-order valence-corrected chi connectivity index (χ0v) is 15.0. The second-order valence-corrected chi connectivity index (χ2v) is 6.08. The molecule has 3 N–H and O–H groups in total. The number of H-pyrrole nitrogens is 1. The van der Waals surface area contributed by atoms with Crippen molar-refractivity contribution in [3.63, 3.8) is 0 Å². The van der Waals surface area contributed by atoms with Gasteiger partial charge in [-0.1, -0.05) is 6.07 Å². The number of aromatic nitrogens is 4. The maximum Gasteiger partial charge on any atom is 0.278 e. The van der Waals surface area contributed by atoms with Gasteiger partial charge in [0.05, 0.1) is 11.0 Å². The Balaban J connectivity index is 0.00000182. The average molecular weight is 361 g/mol. The summed E-state index contributed by atoms with van der Waals surface area (Å²) in [5.74, 6) is 0.335. The predicted molar refractivity (Wildman–Crippen MR) is 99.3 cm³/mol. The monoisotopic (exact) mass is 360 g/mol. The molecule has 1 aromatic carbocycles. The lowest BCUT2D eigenvalue weighted by atomic mass is 10.1. The van der Waals surface area contributed by atoms with E-state index < -0.39 is 0 Å². The van der Waals surface area contributed by atoms with Gasteiger partial charge in [0.25, 0.3) is 5.91 Å². The number of amides is 1. The lowest BCUT2D eigenvalue weighted by Gasteiger charge is -2.13. The third kappa shape index (κ3) is 3.01. The van der Waals surface area contributed by atoms with Crippen LogP contribution in [0, 0.1) is 6.92 Å². The van der Waals surface area contributed by atoms with Gasteiger partial charge in [0.15, 0.2) is 5.69 Å². The summed E-state index contributed by atoms with van der Waals surface area (Å²) in [5, 5.41) is 13.4. The summed E-state index contributed by atoms with van der Waals surface area (Å²) >= 11 is 0. The van der Waals surface area contributed by atoms with Crippen molar-refractivity contribution in [3.8, 4) is 0 Å². The van der Waals surface area contributed by atoms with E-state index in [1.54, 1.807) is 0 Å². The lowest BCUT2D eigenvalue weighted by molar-refractivity contribution is 0.102. The van der Waals surface area contributed by atoms with Crippen molar-refractivity contribution in [2.24, 2.45) is 0 Å². The molecule has 2 aromatic heterocycles. The standard InChI is InChI=1S/C17H20N6O.ClH/c1-3-23-14-5-4-10(2)8-13(14)19-17(23)20-16(24)15-11-9-18-7-6-12(11)21-22-15;/h4-5,8,18H,3,6-7,9H2,1-2H3,(H,21,22)(H,19,20,24);1H. The van der Waals surface area contributed by atoms with Gasteiger partial charge in [-0.3, -0.25) is 15.2 Å². The lowest BCUT2D eigenvalue weighted by Crippen LogP contribution is -2.25. The molecule has 0 radical (unpaired) electrons. The number of anilines is 1. The molecule has 1 aliphatic rings. The van der Waals surface area contributed by atoms with E-state index >= 15 is 0 Å². The number of hydrogen-bond donors (Lipinski definition) is 3. The Bertz CT molecular complexity index is 929. The molecule has 3 aromatic rings. The van der Waals surface area contributed by atoms with E-state index in [1.807, 2.05) is 30.5 Å². The van der Waals surface area contributed by atoms with Crippen molar-refractivity contribution >= 4 is 35.3 Å². The second kappa shape index (κ2) is 6.85. The number of nitrogens with zero attached hydrogens (tertiary/aromatic N) is 3. The molecule has 3 heterocycles. The molecule has 0 saturated carbocycles. The highest BCUT2D eigenvalue weighted by Crippen LogP contribution is 2.22. The van der Waals surface area contributed by atoms with Gasteiger partial charge in [0.2, 0.25) is 5.95 Å². The van der Waals surface area contributed by atoms with Gasteiger partial charge in [-0.15, -0.1) is 12.4 Å². The van der Waals surface area contributed by atoms with Crippen LogP contribution in [-0.2, 0) is 19.5 Å². The fourth-order valence-corrected chi connectivity index (χ4v) is 3.23. The van der Waals surface area contributed by atoms with Gasteiger partial charge in [-0.25, -0.2) is 4.98 Å². The number of imidazole rings is 1. The van der Waals surface area contributed by atoms with Crippen LogP contribution in [-0.4, -0.2) is 32.2 Å². The van der Waals surface area contributed by atoms with Gasteiger partial charge in [-0.05, 0) is 31.5 Å². The van der Waals surface area contributed by atoms with Crippen molar-refractivity contribution in [1.29, 1.82) is 0 Å². The van der Waals surface area contributed by atoms with E-state index in [0.717, 1.165) is 47.4 Å². The van der Waals surface area contributed by atoms with Crippen molar-refractivity contribution in [2.45, 2.75) is 33.4 Å². The number of aryl methyl sites for hydroxylation is 2. The van der Waals surface area contributed by atoms with Gasteiger partial charge in [0.1, 0.15) is 0 Å². The van der Waals surface area contributed by atoms with E-state index in [1.165, 1.54) is 0 Å². The summed E-state index contributed by atoms with van der Waals surface area (Å²) in [7, 11) is 0. The van der Waals surface area contributed by atoms with Crippen molar-refractivity contribution in [2.75, 3.05) is 11.9 Å². The molecule has 0 bridgehead atoms. The molecule has 0 fully saturated rings. The first kappa shape index (κ1) is 17.4. The topological polar surface area (TPSA) is 87.6 Å². The quantitative estimate of drug-likeness (QED) is 0.669. The van der Waals surface area contributed by atoms with Gasteiger partial charge in [0, 0.05) is 37.3 Å². The zero-order valence-electron chi connectivity index (χ0n) is 14.2. The number of hydrogen-bond acceptors (Lipinski definition) is 4. The van der Waals surface area contributed by atoms with Crippen LogP contribution in [0.3, 0.4) is 0 Å². The number of carbonyl (C=O) groups excluding carboxylic acids is 1. The zero-order chi connectivity index (χ0) is 16.7. The Morgan fingerprint density at radius 3 is 3.04 bits per heavy atom. The van der Waals surface area contributed by atoms with Crippen LogP contribution in [0.2, 0.25) is 0 Å². The Kier molecular flexibility index (Phi) is 4.78. The average Bonchev–Trinajstić information content (AvgIpc) is 3.15. The molecule has 0 aliphatic carbocycles. The molecular formula is C17H21ClN6O. The molecule has 7 nitrogen and oxygen atoms in total. The van der Waals surface area contributed by atoms with Crippen LogP contribution in [0.25, 0.3) is 11.0 Å². The van der Waals surface area contributed by atoms with Gasteiger partial charge < -0.3 is 9.88 Å². The van der Waals surface area contributed by atoms with Gasteiger partial charge >= 0.3 is 0 Å². The molecule has 0 spiro atoms. The summed E-state index contributed by atoms with van der Waals surface area (Å²) in [6.07, 6.45) is 0.863. The van der Waals surface area contributed by atoms with Crippen molar-refractivity contribution < 1.29 is 4.79 Å². The smallest absolute Gasteiger partial charge is 0.278 e. The first-order valence-corrected chi connectivity index (χ1v) is 8.22. The minimum Gasteiger partial charge on any atom is -0.312 e. The highest BCUT2D eigenvalue weighted by atomic mass is 35.5. The van der Waals surface area contributed by atoms with Crippen LogP contribution >= 0.6 is 12.4 Å². The third-order valence-corrected chi connectivity index (χ3v) is 4.47. The maximum absolute atomic E-state index is 12.7. The van der Waals surface area contributed by atoms with Gasteiger partial charge in [-0.2, -0.15) is 5.10 Å². The van der Waals surface area contributed by atoms with Crippen LogP contribution < -0.4 is 10.6 Å². The molecule has 4 rings (SSSR count). The molecule has 0 atom stereocenters. The number of fused-ring (bicyclic) bond motifs is 2. The molecule has 1 aliphatic heterocycles. The van der Waals surface area contributed by atoms with Crippen LogP contribution in [0.4, 0.5) is 5.95 Å². The van der Waals surface area contributed by atoms with E-state index in [2.05, 4.69) is 31.9 Å². The maximum atomic E-state index is 12.7. The number of halogens is 1. The van der Waals surface area contributed by atoms with Crippen molar-refractivity contribution in [1.82, 2.24) is 25.1 Å². The van der Waals surface area contributed by atoms with E-state index in [9.17, 15) is 4.79 Å². The Hall–Kier alpha value is -2.38. The largest absolute Gasteiger partial charge is 0.312 e. The summed E-state index contributed by atoms with van der Waals surface area (Å²) in [6.45, 7) is 6.37. The predicted octanol–water partition coefficient (Wildman–Crippen LogP) is 2.41.